The summed E-state index contributed by atoms with van der Waals surface area (Å²) >= 11 is 1.56. The fraction of sp³-hybridized carbons (Fsp3) is 0.136. The molecular formula is C22H19FN2O3S2. The van der Waals surface area contributed by atoms with Crippen LogP contribution in [0, 0.1) is 5.82 Å². The number of nitrogens with zero attached hydrogens (tertiary/aromatic N) is 1. The molecule has 0 aliphatic heterocycles. The van der Waals surface area contributed by atoms with E-state index in [1.54, 1.807) is 46.2 Å². The zero-order chi connectivity index (χ0) is 21.1. The third-order valence-corrected chi connectivity index (χ3v) is 7.27. The Kier molecular flexibility index (Phi) is 5.69. The summed E-state index contributed by atoms with van der Waals surface area (Å²) in [7, 11) is -3.74. The Balaban J connectivity index is 1.60. The third-order valence-electron chi connectivity index (χ3n) is 4.69. The number of rotatable bonds is 7. The minimum Gasteiger partial charge on any atom is -0.350 e. The smallest absolute Gasteiger partial charge is 0.240 e. The van der Waals surface area contributed by atoms with E-state index >= 15 is 0 Å². The minimum atomic E-state index is -3.74. The lowest BCUT2D eigenvalue weighted by Gasteiger charge is -2.06. The highest BCUT2D eigenvalue weighted by molar-refractivity contribution is 7.90. The molecule has 0 spiro atoms. The second kappa shape index (κ2) is 8.41. The molecule has 8 heteroatoms. The number of para-hydroxylation sites is 1. The molecule has 1 amide bonds. The van der Waals surface area contributed by atoms with Gasteiger partial charge in [-0.15, -0.1) is 11.3 Å². The molecule has 0 aliphatic carbocycles. The van der Waals surface area contributed by atoms with E-state index in [2.05, 4.69) is 5.32 Å². The standard InChI is InChI=1S/C22H19FN2O3S2/c23-17-6-3-5-16(11-17)15-30(27,28)21-13-25(20-9-2-1-8-19(20)21)14-22(26)24-12-18-7-4-10-29-18/h1-11,13H,12,14-15H2,(H,24,26). The quantitative estimate of drug-likeness (QED) is 0.468. The number of thiophene rings is 1. The summed E-state index contributed by atoms with van der Waals surface area (Å²) in [6.07, 6.45) is 1.49. The molecule has 2 heterocycles. The summed E-state index contributed by atoms with van der Waals surface area (Å²) in [5, 5.41) is 5.33. The SMILES string of the molecule is O=C(Cn1cc(S(=O)(=O)Cc2cccc(F)c2)c2ccccc21)NCc1cccs1. The first-order chi connectivity index (χ1) is 14.4. The fourth-order valence-corrected chi connectivity index (χ4v) is 5.54. The van der Waals surface area contributed by atoms with E-state index in [9.17, 15) is 17.6 Å². The average Bonchev–Trinajstić information content (AvgIpc) is 3.35. The van der Waals surface area contributed by atoms with Gasteiger partial charge in [0.1, 0.15) is 12.4 Å². The van der Waals surface area contributed by atoms with Gasteiger partial charge >= 0.3 is 0 Å². The van der Waals surface area contributed by atoms with Crippen LogP contribution < -0.4 is 5.32 Å². The summed E-state index contributed by atoms with van der Waals surface area (Å²) in [5.41, 5.74) is 1.03. The van der Waals surface area contributed by atoms with Crippen LogP contribution >= 0.6 is 11.3 Å². The van der Waals surface area contributed by atoms with E-state index < -0.39 is 15.7 Å². The second-order valence-corrected chi connectivity index (χ2v) is 9.87. The number of fused-ring (bicyclic) bond motifs is 1. The van der Waals surface area contributed by atoms with Crippen LogP contribution in [0.3, 0.4) is 0 Å². The first kappa shape index (κ1) is 20.3. The predicted octanol–water partition coefficient (Wildman–Crippen LogP) is 4.13. The number of aromatic nitrogens is 1. The number of halogens is 1. The maximum atomic E-state index is 13.5. The first-order valence-corrected chi connectivity index (χ1v) is 11.8. The molecule has 154 valence electrons. The molecule has 0 bridgehead atoms. The number of sulfone groups is 1. The summed E-state index contributed by atoms with van der Waals surface area (Å²) in [5.74, 6) is -1.01. The van der Waals surface area contributed by atoms with Gasteiger partial charge in [0.2, 0.25) is 5.91 Å². The number of carbonyl (C=O) groups excluding carboxylic acids is 1. The molecule has 0 saturated heterocycles. The Bertz CT molecular complexity index is 1300. The van der Waals surface area contributed by atoms with E-state index in [-0.39, 0.29) is 23.1 Å². The topological polar surface area (TPSA) is 68.2 Å². The Labute approximate surface area is 177 Å². The molecule has 1 N–H and O–H groups in total. The van der Waals surface area contributed by atoms with Gasteiger partial charge in [-0.3, -0.25) is 4.79 Å². The van der Waals surface area contributed by atoms with Crippen LogP contribution in [-0.2, 0) is 33.5 Å². The van der Waals surface area contributed by atoms with Crippen LogP contribution in [0.5, 0.6) is 0 Å². The molecule has 0 saturated carbocycles. The molecule has 2 aromatic carbocycles. The number of benzene rings is 2. The highest BCUT2D eigenvalue weighted by Crippen LogP contribution is 2.28. The van der Waals surface area contributed by atoms with Crippen molar-refractivity contribution in [2.24, 2.45) is 0 Å². The lowest BCUT2D eigenvalue weighted by molar-refractivity contribution is -0.121. The molecule has 2 aromatic heterocycles. The number of amides is 1. The van der Waals surface area contributed by atoms with Gasteiger partial charge in [0.05, 0.1) is 17.2 Å². The number of carbonyl (C=O) groups is 1. The van der Waals surface area contributed by atoms with Crippen molar-refractivity contribution in [3.8, 4) is 0 Å². The summed E-state index contributed by atoms with van der Waals surface area (Å²) in [6.45, 7) is 0.432. The van der Waals surface area contributed by atoms with E-state index in [1.807, 2.05) is 17.5 Å². The Hall–Kier alpha value is -2.97. The van der Waals surface area contributed by atoms with Gasteiger partial charge in [0, 0.05) is 22.0 Å². The largest absolute Gasteiger partial charge is 0.350 e. The molecule has 0 unspecified atom stereocenters. The van der Waals surface area contributed by atoms with Crippen LogP contribution in [0.25, 0.3) is 10.9 Å². The van der Waals surface area contributed by atoms with E-state index in [0.29, 0.717) is 23.0 Å². The highest BCUT2D eigenvalue weighted by Gasteiger charge is 2.22. The lowest BCUT2D eigenvalue weighted by atomic mass is 10.2. The predicted molar refractivity (Wildman–Crippen MR) is 115 cm³/mol. The van der Waals surface area contributed by atoms with Crippen LogP contribution in [0.4, 0.5) is 4.39 Å². The average molecular weight is 443 g/mol. The van der Waals surface area contributed by atoms with Gasteiger partial charge in [0.25, 0.3) is 0 Å². The van der Waals surface area contributed by atoms with Gasteiger partial charge < -0.3 is 9.88 Å². The summed E-state index contributed by atoms with van der Waals surface area (Å²) in [6, 6.07) is 16.5. The van der Waals surface area contributed by atoms with Crippen LogP contribution in [0.2, 0.25) is 0 Å². The lowest BCUT2D eigenvalue weighted by Crippen LogP contribution is -2.26. The highest BCUT2D eigenvalue weighted by atomic mass is 32.2. The molecule has 30 heavy (non-hydrogen) atoms. The summed E-state index contributed by atoms with van der Waals surface area (Å²) in [4.78, 5) is 13.6. The van der Waals surface area contributed by atoms with Crippen LogP contribution in [-0.4, -0.2) is 18.9 Å². The Morgan fingerprint density at radius 1 is 1.07 bits per heavy atom. The summed E-state index contributed by atoms with van der Waals surface area (Å²) < 4.78 is 41.3. The first-order valence-electron chi connectivity index (χ1n) is 9.26. The molecule has 0 radical (unpaired) electrons. The van der Waals surface area contributed by atoms with Gasteiger partial charge in [-0.25, -0.2) is 12.8 Å². The molecule has 4 aromatic rings. The van der Waals surface area contributed by atoms with E-state index in [4.69, 9.17) is 0 Å². The normalized spacial score (nSPS) is 11.6. The van der Waals surface area contributed by atoms with Crippen molar-refractivity contribution in [3.05, 3.63) is 88.5 Å². The monoisotopic (exact) mass is 442 g/mol. The molecule has 5 nitrogen and oxygen atoms in total. The third kappa shape index (κ3) is 4.44. The van der Waals surface area contributed by atoms with Crippen molar-refractivity contribution in [1.29, 1.82) is 0 Å². The van der Waals surface area contributed by atoms with Gasteiger partial charge in [-0.05, 0) is 35.2 Å². The van der Waals surface area contributed by atoms with Crippen molar-refractivity contribution in [2.45, 2.75) is 23.7 Å². The van der Waals surface area contributed by atoms with Crippen LogP contribution in [0.1, 0.15) is 10.4 Å². The van der Waals surface area contributed by atoms with Gasteiger partial charge in [-0.2, -0.15) is 0 Å². The van der Waals surface area contributed by atoms with Crippen molar-refractivity contribution in [3.63, 3.8) is 0 Å². The molecule has 4 rings (SSSR count). The van der Waals surface area contributed by atoms with E-state index in [1.165, 1.54) is 24.4 Å². The minimum absolute atomic E-state index is 0.00136. The van der Waals surface area contributed by atoms with Crippen LogP contribution in [0.15, 0.2) is 77.1 Å². The van der Waals surface area contributed by atoms with Crippen molar-refractivity contribution in [1.82, 2.24) is 9.88 Å². The fourth-order valence-electron chi connectivity index (χ4n) is 3.33. The molecule has 0 fully saturated rings. The van der Waals surface area contributed by atoms with E-state index in [0.717, 1.165) is 4.88 Å². The zero-order valence-electron chi connectivity index (χ0n) is 15.9. The number of hydrogen-bond donors (Lipinski definition) is 1. The van der Waals surface area contributed by atoms with Gasteiger partial charge in [-0.1, -0.05) is 36.4 Å². The zero-order valence-corrected chi connectivity index (χ0v) is 17.5. The van der Waals surface area contributed by atoms with Crippen molar-refractivity contribution in [2.75, 3.05) is 0 Å². The number of hydrogen-bond acceptors (Lipinski definition) is 4. The molecule has 0 aliphatic rings. The number of nitrogens with one attached hydrogen (secondary N) is 1. The Morgan fingerprint density at radius 2 is 1.90 bits per heavy atom. The Morgan fingerprint density at radius 3 is 2.67 bits per heavy atom. The van der Waals surface area contributed by atoms with Gasteiger partial charge in [0.15, 0.2) is 9.84 Å². The second-order valence-electron chi connectivity index (χ2n) is 6.88. The maximum absolute atomic E-state index is 13.5. The molecular weight excluding hydrogens is 423 g/mol. The van der Waals surface area contributed by atoms with Crippen molar-refractivity contribution < 1.29 is 17.6 Å². The molecule has 0 atom stereocenters. The maximum Gasteiger partial charge on any atom is 0.240 e. The van der Waals surface area contributed by atoms with Crippen molar-refractivity contribution >= 4 is 38.0 Å².